The van der Waals surface area contributed by atoms with Crippen LogP contribution in [0, 0.1) is 5.92 Å². The van der Waals surface area contributed by atoms with Crippen molar-refractivity contribution in [2.75, 3.05) is 12.3 Å². The van der Waals surface area contributed by atoms with E-state index in [2.05, 4.69) is 46.8 Å². The number of amides is 2. The molecule has 1 aliphatic rings. The summed E-state index contributed by atoms with van der Waals surface area (Å²) >= 11 is 1.68. The van der Waals surface area contributed by atoms with E-state index in [0.29, 0.717) is 19.5 Å². The van der Waals surface area contributed by atoms with Crippen molar-refractivity contribution in [2.45, 2.75) is 76.2 Å². The molecule has 0 unspecified atom stereocenters. The van der Waals surface area contributed by atoms with Crippen LogP contribution in [0.5, 0.6) is 0 Å². The number of rotatable bonds is 15. The maximum Gasteiger partial charge on any atom is 0.220 e. The first-order valence-electron chi connectivity index (χ1n) is 16.6. The molecule has 1 fully saturated rings. The van der Waals surface area contributed by atoms with Crippen LogP contribution < -0.4 is 10.6 Å². The van der Waals surface area contributed by atoms with Gasteiger partial charge in [0, 0.05) is 49.9 Å². The summed E-state index contributed by atoms with van der Waals surface area (Å²) in [7, 11) is 0. The van der Waals surface area contributed by atoms with Crippen molar-refractivity contribution in [3.8, 4) is 11.1 Å². The van der Waals surface area contributed by atoms with Crippen LogP contribution >= 0.6 is 11.8 Å². The van der Waals surface area contributed by atoms with E-state index in [-0.39, 0.29) is 36.5 Å². The molecule has 0 radical (unpaired) electrons. The third-order valence-electron chi connectivity index (χ3n) is 8.52. The fourth-order valence-corrected chi connectivity index (χ4v) is 6.80. The number of pyridine rings is 1. The van der Waals surface area contributed by atoms with Crippen LogP contribution in [-0.4, -0.2) is 40.3 Å². The SMILES string of the molecule is CC(=O)NCCCCCC(=O)NCc1cccc(-c2cccc([C@@H]3O[C@H](CSc4ccccn4)[C@H](C)[C@H](c4ccc(CO)cc4)O3)c2)c1. The topological polar surface area (TPSA) is 110 Å². The summed E-state index contributed by atoms with van der Waals surface area (Å²) in [6.07, 6.45) is 3.97. The van der Waals surface area contributed by atoms with Gasteiger partial charge in [-0.25, -0.2) is 4.98 Å². The minimum atomic E-state index is -0.571. The molecule has 0 spiro atoms. The molecule has 4 aromatic rings. The number of unbranched alkanes of at least 4 members (excludes halogenated alkanes) is 2. The second kappa shape index (κ2) is 17.9. The number of ether oxygens (including phenoxy) is 2. The second-order valence-corrected chi connectivity index (χ2v) is 13.2. The van der Waals surface area contributed by atoms with Crippen molar-refractivity contribution in [1.82, 2.24) is 15.6 Å². The minimum Gasteiger partial charge on any atom is -0.392 e. The van der Waals surface area contributed by atoms with Gasteiger partial charge < -0.3 is 25.2 Å². The molecule has 1 aliphatic heterocycles. The van der Waals surface area contributed by atoms with Crippen molar-refractivity contribution < 1.29 is 24.2 Å². The van der Waals surface area contributed by atoms with Crippen molar-refractivity contribution in [3.63, 3.8) is 0 Å². The van der Waals surface area contributed by atoms with Crippen molar-refractivity contribution >= 4 is 23.6 Å². The fourth-order valence-electron chi connectivity index (χ4n) is 5.78. The average Bonchev–Trinajstić information content (AvgIpc) is 3.12. The summed E-state index contributed by atoms with van der Waals surface area (Å²) in [5, 5.41) is 16.4. The Morgan fingerprint density at radius 2 is 1.62 bits per heavy atom. The van der Waals surface area contributed by atoms with E-state index in [1.54, 1.807) is 18.0 Å². The number of aliphatic hydroxyl groups excluding tert-OH is 1. The van der Waals surface area contributed by atoms with E-state index < -0.39 is 6.29 Å². The van der Waals surface area contributed by atoms with Crippen LogP contribution in [0.3, 0.4) is 0 Å². The van der Waals surface area contributed by atoms with E-state index in [1.165, 1.54) is 6.92 Å². The zero-order valence-corrected chi connectivity index (χ0v) is 28.5. The molecule has 252 valence electrons. The van der Waals surface area contributed by atoms with Crippen LogP contribution in [0.2, 0.25) is 0 Å². The predicted molar refractivity (Wildman–Crippen MR) is 189 cm³/mol. The third-order valence-corrected chi connectivity index (χ3v) is 9.55. The molecule has 48 heavy (non-hydrogen) atoms. The quantitative estimate of drug-likeness (QED) is 0.0914. The van der Waals surface area contributed by atoms with Gasteiger partial charge in [-0.3, -0.25) is 9.59 Å². The number of benzene rings is 3. The van der Waals surface area contributed by atoms with Gasteiger partial charge in [0.05, 0.1) is 23.8 Å². The Morgan fingerprint density at radius 1 is 0.833 bits per heavy atom. The first-order valence-corrected chi connectivity index (χ1v) is 17.6. The molecule has 9 heteroatoms. The molecular formula is C39H45N3O5S. The molecule has 2 amide bonds. The summed E-state index contributed by atoms with van der Waals surface area (Å²) in [6, 6.07) is 30.4. The Labute approximate surface area is 287 Å². The molecule has 4 atom stereocenters. The lowest BCUT2D eigenvalue weighted by atomic mass is 9.91. The summed E-state index contributed by atoms with van der Waals surface area (Å²) in [6.45, 7) is 4.78. The number of nitrogens with zero attached hydrogens (tertiary/aromatic N) is 1. The summed E-state index contributed by atoms with van der Waals surface area (Å²) in [5.41, 5.74) is 5.95. The highest BCUT2D eigenvalue weighted by Crippen LogP contribution is 2.43. The number of carbonyl (C=O) groups excluding carboxylic acids is 2. The zero-order chi connectivity index (χ0) is 33.7. The van der Waals surface area contributed by atoms with E-state index in [0.717, 1.165) is 63.4 Å². The Morgan fingerprint density at radius 3 is 2.38 bits per heavy atom. The number of carbonyl (C=O) groups is 2. The lowest BCUT2D eigenvalue weighted by Crippen LogP contribution is -2.38. The van der Waals surface area contributed by atoms with Crippen LogP contribution in [0.25, 0.3) is 11.1 Å². The molecule has 0 aliphatic carbocycles. The van der Waals surface area contributed by atoms with Gasteiger partial charge in [-0.05, 0) is 64.9 Å². The summed E-state index contributed by atoms with van der Waals surface area (Å²) < 4.78 is 13.4. The number of aliphatic hydroxyl groups is 1. The van der Waals surface area contributed by atoms with Gasteiger partial charge in [-0.15, -0.1) is 11.8 Å². The number of aromatic nitrogens is 1. The summed E-state index contributed by atoms with van der Waals surface area (Å²) in [5.74, 6) is 0.811. The van der Waals surface area contributed by atoms with Gasteiger partial charge in [-0.2, -0.15) is 0 Å². The molecule has 1 aromatic heterocycles. The van der Waals surface area contributed by atoms with E-state index >= 15 is 0 Å². The molecule has 3 N–H and O–H groups in total. The molecule has 5 rings (SSSR count). The molecule has 2 heterocycles. The van der Waals surface area contributed by atoms with Gasteiger partial charge in [0.1, 0.15) is 0 Å². The maximum absolute atomic E-state index is 12.4. The molecule has 8 nitrogen and oxygen atoms in total. The standard InChI is InChI=1S/C39H45N3O5S/c1-27-35(26-48-37-15-5-7-21-41-37)46-39(47-38(27)31-18-16-29(25-43)17-19-31)34-13-9-12-33(23-34)32-11-8-10-30(22-32)24-42-36(45)14-4-3-6-20-40-28(2)44/h5,7-13,15-19,21-23,27,35,38-39,43H,3-4,6,14,20,24-26H2,1-2H3,(H,40,44)(H,42,45)/t27-,35+,38+,39+/m0/s1. The number of nitrogens with one attached hydrogen (secondary N) is 2. The monoisotopic (exact) mass is 667 g/mol. The van der Waals surface area contributed by atoms with Crippen LogP contribution in [0.1, 0.15) is 74.2 Å². The van der Waals surface area contributed by atoms with Crippen LogP contribution in [-0.2, 0) is 32.2 Å². The van der Waals surface area contributed by atoms with Gasteiger partial charge in [0.15, 0.2) is 6.29 Å². The van der Waals surface area contributed by atoms with Crippen LogP contribution in [0.4, 0.5) is 0 Å². The number of hydrogen-bond donors (Lipinski definition) is 3. The lowest BCUT2D eigenvalue weighted by molar-refractivity contribution is -0.268. The van der Waals surface area contributed by atoms with E-state index in [9.17, 15) is 14.7 Å². The molecule has 3 aromatic carbocycles. The lowest BCUT2D eigenvalue weighted by Gasteiger charge is -2.41. The number of hydrogen-bond acceptors (Lipinski definition) is 7. The second-order valence-electron chi connectivity index (χ2n) is 12.2. The molecule has 0 bridgehead atoms. The van der Waals surface area contributed by atoms with Crippen molar-refractivity contribution in [3.05, 3.63) is 119 Å². The van der Waals surface area contributed by atoms with E-state index in [1.807, 2.05) is 66.7 Å². The number of thioether (sulfide) groups is 1. The Hall–Kier alpha value is -4.02. The highest BCUT2D eigenvalue weighted by Gasteiger charge is 2.38. The Balaban J connectivity index is 1.26. The third kappa shape index (κ3) is 10.2. The van der Waals surface area contributed by atoms with Crippen molar-refractivity contribution in [2.24, 2.45) is 5.92 Å². The zero-order valence-electron chi connectivity index (χ0n) is 27.6. The Bertz CT molecular complexity index is 1620. The minimum absolute atomic E-state index is 0.00107. The fraction of sp³-hybridized carbons (Fsp3) is 0.359. The van der Waals surface area contributed by atoms with Gasteiger partial charge in [0.2, 0.25) is 11.8 Å². The first kappa shape index (κ1) is 35.3. The predicted octanol–water partition coefficient (Wildman–Crippen LogP) is 7.14. The Kier molecular flexibility index (Phi) is 13.2. The highest BCUT2D eigenvalue weighted by molar-refractivity contribution is 7.99. The average molecular weight is 668 g/mol. The van der Waals surface area contributed by atoms with Crippen molar-refractivity contribution in [1.29, 1.82) is 0 Å². The van der Waals surface area contributed by atoms with Crippen LogP contribution in [0.15, 0.2) is 102 Å². The smallest absolute Gasteiger partial charge is 0.220 e. The highest BCUT2D eigenvalue weighted by atomic mass is 32.2. The maximum atomic E-state index is 12.4. The molecule has 1 saturated heterocycles. The largest absolute Gasteiger partial charge is 0.392 e. The van der Waals surface area contributed by atoms with Gasteiger partial charge in [-0.1, -0.05) is 80.1 Å². The van der Waals surface area contributed by atoms with Gasteiger partial charge in [0.25, 0.3) is 0 Å². The first-order chi connectivity index (χ1) is 23.4. The summed E-state index contributed by atoms with van der Waals surface area (Å²) in [4.78, 5) is 27.9. The van der Waals surface area contributed by atoms with E-state index in [4.69, 9.17) is 9.47 Å². The molecular weight excluding hydrogens is 623 g/mol. The molecule has 0 saturated carbocycles. The van der Waals surface area contributed by atoms with Gasteiger partial charge >= 0.3 is 0 Å². The normalized spacial score (nSPS) is 19.1.